The van der Waals surface area contributed by atoms with Crippen molar-refractivity contribution in [3.05, 3.63) is 0 Å². The molecule has 0 heterocycles. The summed E-state index contributed by atoms with van der Waals surface area (Å²) in [6, 6.07) is -1.16. The molecule has 0 saturated heterocycles. The lowest BCUT2D eigenvalue weighted by Gasteiger charge is -2.22. The van der Waals surface area contributed by atoms with Crippen molar-refractivity contribution in [2.24, 2.45) is 5.73 Å². The highest BCUT2D eigenvalue weighted by atomic mass is 16.2. The number of urea groups is 1. The maximum Gasteiger partial charge on any atom is 0.318 e. The first-order chi connectivity index (χ1) is 6.99. The number of rotatable bonds is 6. The van der Waals surface area contributed by atoms with Gasteiger partial charge in [0.2, 0.25) is 5.91 Å². The van der Waals surface area contributed by atoms with Crippen molar-refractivity contribution >= 4 is 11.9 Å². The lowest BCUT2D eigenvalue weighted by Crippen LogP contribution is -2.47. The summed E-state index contributed by atoms with van der Waals surface area (Å²) < 4.78 is 0. The van der Waals surface area contributed by atoms with Crippen molar-refractivity contribution < 1.29 is 9.59 Å². The Balaban J connectivity index is 3.90. The largest absolute Gasteiger partial charge is 0.351 e. The van der Waals surface area contributed by atoms with Crippen molar-refractivity contribution in [3.63, 3.8) is 0 Å². The van der Waals surface area contributed by atoms with Crippen LogP contribution in [0.1, 0.15) is 13.3 Å². The molecule has 1 unspecified atom stereocenters. The topological polar surface area (TPSA) is 87.5 Å². The summed E-state index contributed by atoms with van der Waals surface area (Å²) in [5.74, 6) is -0.366. The van der Waals surface area contributed by atoms with E-state index in [-0.39, 0.29) is 11.9 Å². The second kappa shape index (κ2) is 7.19. The Morgan fingerprint density at radius 2 is 2.07 bits per heavy atom. The number of nitrogens with one attached hydrogen (secondary N) is 2. The zero-order chi connectivity index (χ0) is 11.8. The van der Waals surface area contributed by atoms with Crippen molar-refractivity contribution in [2.45, 2.75) is 19.4 Å². The van der Waals surface area contributed by atoms with Gasteiger partial charge in [0.1, 0.15) is 0 Å². The third kappa shape index (κ3) is 6.03. The molecule has 6 nitrogen and oxygen atoms in total. The molecule has 0 spiro atoms. The van der Waals surface area contributed by atoms with Crippen LogP contribution in [0.25, 0.3) is 0 Å². The quantitative estimate of drug-likeness (QED) is 0.503. The third-order valence-electron chi connectivity index (χ3n) is 2.22. The van der Waals surface area contributed by atoms with E-state index in [9.17, 15) is 9.59 Å². The van der Waals surface area contributed by atoms with Gasteiger partial charge in [-0.15, -0.1) is 0 Å². The molecule has 6 heteroatoms. The minimum atomic E-state index is -0.810. The van der Waals surface area contributed by atoms with Crippen LogP contribution in [0, 0.1) is 0 Å². The number of nitrogens with zero attached hydrogens (tertiary/aromatic N) is 1. The summed E-state index contributed by atoms with van der Waals surface area (Å²) in [6.07, 6.45) is 0.946. The molecule has 4 N–H and O–H groups in total. The average molecular weight is 216 g/mol. The standard InChI is InChI=1S/C9H20N4O2/c1-7(8(14)12-9(10)15)13(3)6-4-5-11-2/h7,11H,4-6H2,1-3H3,(H3,10,12,14,15). The Hall–Kier alpha value is -1.14. The zero-order valence-corrected chi connectivity index (χ0v) is 9.54. The maximum atomic E-state index is 11.4. The SMILES string of the molecule is CNCCCN(C)C(C)C(=O)NC(N)=O. The van der Waals surface area contributed by atoms with Gasteiger partial charge in [-0.3, -0.25) is 15.0 Å². The van der Waals surface area contributed by atoms with Gasteiger partial charge in [-0.05, 0) is 40.5 Å². The van der Waals surface area contributed by atoms with E-state index in [2.05, 4.69) is 10.6 Å². The summed E-state index contributed by atoms with van der Waals surface area (Å²) in [6.45, 7) is 3.42. The first-order valence-corrected chi connectivity index (χ1v) is 4.94. The smallest absolute Gasteiger partial charge is 0.318 e. The molecule has 0 aliphatic rings. The van der Waals surface area contributed by atoms with Gasteiger partial charge < -0.3 is 11.1 Å². The first kappa shape index (κ1) is 13.9. The molecule has 1 atom stereocenters. The molecule has 0 aliphatic heterocycles. The predicted molar refractivity (Wildman–Crippen MR) is 58.4 cm³/mol. The van der Waals surface area contributed by atoms with Crippen molar-refractivity contribution in [3.8, 4) is 0 Å². The van der Waals surface area contributed by atoms with Gasteiger partial charge in [0.25, 0.3) is 0 Å². The molecule has 0 fully saturated rings. The van der Waals surface area contributed by atoms with Crippen LogP contribution in [-0.2, 0) is 4.79 Å². The Bertz CT molecular complexity index is 220. The number of carbonyl (C=O) groups excluding carboxylic acids is 2. The number of imide groups is 1. The highest BCUT2D eigenvalue weighted by Crippen LogP contribution is 1.96. The minimum absolute atomic E-state index is 0.352. The number of primary amides is 1. The van der Waals surface area contributed by atoms with Crippen LogP contribution in [0.4, 0.5) is 4.79 Å². The van der Waals surface area contributed by atoms with Gasteiger partial charge in [-0.25, -0.2) is 4.79 Å². The van der Waals surface area contributed by atoms with Gasteiger partial charge in [0.15, 0.2) is 0 Å². The number of amides is 3. The van der Waals surface area contributed by atoms with E-state index in [1.165, 1.54) is 0 Å². The van der Waals surface area contributed by atoms with E-state index in [1.54, 1.807) is 6.92 Å². The molecule has 0 rings (SSSR count). The second-order valence-corrected chi connectivity index (χ2v) is 3.47. The number of hydrogen-bond acceptors (Lipinski definition) is 4. The third-order valence-corrected chi connectivity index (χ3v) is 2.22. The van der Waals surface area contributed by atoms with Crippen LogP contribution in [0.15, 0.2) is 0 Å². The van der Waals surface area contributed by atoms with Crippen molar-refractivity contribution in [1.29, 1.82) is 0 Å². The molecule has 0 aliphatic carbocycles. The van der Waals surface area contributed by atoms with Crippen LogP contribution in [0.5, 0.6) is 0 Å². The molecular formula is C9H20N4O2. The lowest BCUT2D eigenvalue weighted by atomic mass is 10.2. The molecular weight excluding hydrogens is 196 g/mol. The lowest BCUT2D eigenvalue weighted by molar-refractivity contribution is -0.124. The number of hydrogen-bond donors (Lipinski definition) is 3. The Morgan fingerprint density at radius 1 is 1.47 bits per heavy atom. The van der Waals surface area contributed by atoms with Crippen molar-refractivity contribution in [1.82, 2.24) is 15.5 Å². The second-order valence-electron chi connectivity index (χ2n) is 3.47. The molecule has 3 amide bonds. The Morgan fingerprint density at radius 3 is 2.53 bits per heavy atom. The van der Waals surface area contributed by atoms with Gasteiger partial charge in [0.05, 0.1) is 6.04 Å². The summed E-state index contributed by atoms with van der Waals surface area (Å²) in [4.78, 5) is 23.7. The fourth-order valence-corrected chi connectivity index (χ4v) is 1.12. The van der Waals surface area contributed by atoms with Crippen LogP contribution >= 0.6 is 0 Å². The molecule has 0 radical (unpaired) electrons. The Kier molecular flexibility index (Phi) is 6.64. The van der Waals surface area contributed by atoms with Gasteiger partial charge in [-0.1, -0.05) is 0 Å². The van der Waals surface area contributed by atoms with Gasteiger partial charge in [0, 0.05) is 0 Å². The van der Waals surface area contributed by atoms with Gasteiger partial charge >= 0.3 is 6.03 Å². The molecule has 0 aromatic heterocycles. The van der Waals surface area contributed by atoms with Crippen molar-refractivity contribution in [2.75, 3.05) is 27.2 Å². The summed E-state index contributed by atoms with van der Waals surface area (Å²) in [5.41, 5.74) is 4.85. The van der Waals surface area contributed by atoms with Crippen LogP contribution < -0.4 is 16.4 Å². The van der Waals surface area contributed by atoms with Crippen LogP contribution in [-0.4, -0.2) is 50.1 Å². The summed E-state index contributed by atoms with van der Waals surface area (Å²) in [5, 5.41) is 5.08. The molecule has 88 valence electrons. The van der Waals surface area contributed by atoms with E-state index in [0.717, 1.165) is 19.5 Å². The molecule has 0 aromatic carbocycles. The molecule has 15 heavy (non-hydrogen) atoms. The van der Waals surface area contributed by atoms with E-state index >= 15 is 0 Å². The monoisotopic (exact) mass is 216 g/mol. The highest BCUT2D eigenvalue weighted by molar-refractivity contribution is 5.96. The average Bonchev–Trinajstić information content (AvgIpc) is 2.15. The van der Waals surface area contributed by atoms with Gasteiger partial charge in [-0.2, -0.15) is 0 Å². The first-order valence-electron chi connectivity index (χ1n) is 4.94. The van der Waals surface area contributed by atoms with Crippen LogP contribution in [0.3, 0.4) is 0 Å². The maximum absolute atomic E-state index is 11.4. The Labute approximate surface area is 90.2 Å². The highest BCUT2D eigenvalue weighted by Gasteiger charge is 2.18. The fraction of sp³-hybridized carbons (Fsp3) is 0.778. The van der Waals surface area contributed by atoms with E-state index in [0.29, 0.717) is 0 Å². The minimum Gasteiger partial charge on any atom is -0.351 e. The number of likely N-dealkylation sites (N-methyl/N-ethyl adjacent to an activating group) is 1. The van der Waals surface area contributed by atoms with E-state index in [4.69, 9.17) is 5.73 Å². The summed E-state index contributed by atoms with van der Waals surface area (Å²) in [7, 11) is 3.71. The normalized spacial score (nSPS) is 12.5. The molecule has 0 saturated carbocycles. The molecule has 0 bridgehead atoms. The molecule has 0 aromatic rings. The van der Waals surface area contributed by atoms with E-state index < -0.39 is 6.03 Å². The van der Waals surface area contributed by atoms with Crippen LogP contribution in [0.2, 0.25) is 0 Å². The zero-order valence-electron chi connectivity index (χ0n) is 9.54. The predicted octanol–water partition coefficient (Wildman–Crippen LogP) is -0.889. The number of nitrogens with two attached hydrogens (primary N) is 1. The summed E-state index contributed by atoms with van der Waals surface area (Å²) >= 11 is 0. The fourth-order valence-electron chi connectivity index (χ4n) is 1.12. The number of carbonyl (C=O) groups is 2. The van der Waals surface area contributed by atoms with E-state index in [1.807, 2.05) is 19.0 Å².